The number of benzene rings is 3. The van der Waals surface area contributed by atoms with Gasteiger partial charge in [-0.3, -0.25) is 4.79 Å². The van der Waals surface area contributed by atoms with Gasteiger partial charge < -0.3 is 14.6 Å². The van der Waals surface area contributed by atoms with E-state index in [-0.39, 0.29) is 34.2 Å². The number of sulfonamides is 1. The second-order valence-electron chi connectivity index (χ2n) is 8.04. The number of aliphatic carboxylic acids is 1. The third kappa shape index (κ3) is 6.53. The summed E-state index contributed by atoms with van der Waals surface area (Å²) in [6.07, 6.45) is 1.08. The second kappa shape index (κ2) is 11.1. The molecule has 1 N–H and O–H groups in total. The predicted octanol–water partition coefficient (Wildman–Crippen LogP) is 2.77. The normalized spacial score (nSPS) is 11.8. The first-order valence-electron chi connectivity index (χ1n) is 10.7. The quantitative estimate of drug-likeness (QED) is 0.283. The van der Waals surface area contributed by atoms with Crippen LogP contribution in [0.2, 0.25) is 0 Å². The van der Waals surface area contributed by atoms with Crippen LogP contribution in [0.15, 0.2) is 76.5 Å². The molecular formula is C25H25NO9S2. The van der Waals surface area contributed by atoms with Crippen LogP contribution in [0.1, 0.15) is 21.5 Å². The maximum absolute atomic E-state index is 13.8. The number of ketones is 1. The molecule has 0 atom stereocenters. The monoisotopic (exact) mass is 547 g/mol. The summed E-state index contributed by atoms with van der Waals surface area (Å²) in [5.74, 6) is -2.21. The van der Waals surface area contributed by atoms with E-state index in [9.17, 15) is 26.4 Å². The molecule has 0 saturated heterocycles. The van der Waals surface area contributed by atoms with E-state index in [4.69, 9.17) is 14.6 Å². The van der Waals surface area contributed by atoms with Gasteiger partial charge in [0.2, 0.25) is 10.0 Å². The molecule has 0 aliphatic rings. The van der Waals surface area contributed by atoms with Gasteiger partial charge in [0.15, 0.2) is 9.84 Å². The van der Waals surface area contributed by atoms with Crippen LogP contribution in [0.5, 0.6) is 11.5 Å². The molecular weight excluding hydrogens is 522 g/mol. The number of carbonyl (C=O) groups excluding carboxylic acids is 1. The van der Waals surface area contributed by atoms with Crippen LogP contribution < -0.4 is 9.47 Å². The number of hydrogen-bond acceptors (Lipinski definition) is 8. The zero-order chi connectivity index (χ0) is 27.4. The fourth-order valence-electron chi connectivity index (χ4n) is 3.49. The molecule has 0 aromatic heterocycles. The minimum atomic E-state index is -4.17. The average molecular weight is 548 g/mol. The van der Waals surface area contributed by atoms with Crippen LogP contribution in [-0.2, 0) is 37.7 Å². The van der Waals surface area contributed by atoms with E-state index in [0.29, 0.717) is 16.9 Å². The van der Waals surface area contributed by atoms with Crippen LogP contribution in [0.3, 0.4) is 0 Å². The van der Waals surface area contributed by atoms with Crippen molar-refractivity contribution in [2.45, 2.75) is 22.9 Å². The average Bonchev–Trinajstić information content (AvgIpc) is 2.87. The summed E-state index contributed by atoms with van der Waals surface area (Å²) in [6.45, 7) is -0.246. The van der Waals surface area contributed by atoms with Gasteiger partial charge in [-0.1, -0.05) is 36.4 Å². The molecule has 0 heterocycles. The van der Waals surface area contributed by atoms with Crippen molar-refractivity contribution < 1.29 is 41.0 Å². The van der Waals surface area contributed by atoms with E-state index in [2.05, 4.69) is 0 Å². The van der Waals surface area contributed by atoms with Crippen molar-refractivity contribution in [1.82, 2.24) is 4.31 Å². The van der Waals surface area contributed by atoms with Gasteiger partial charge in [0.1, 0.15) is 16.4 Å². The number of hydrogen-bond donors (Lipinski definition) is 1. The molecule has 3 aromatic carbocycles. The molecule has 0 fully saturated rings. The summed E-state index contributed by atoms with van der Waals surface area (Å²) in [6, 6.07) is 15.7. The molecule has 0 aliphatic heterocycles. The minimum Gasteiger partial charge on any atom is -0.497 e. The van der Waals surface area contributed by atoms with Crippen molar-refractivity contribution in [1.29, 1.82) is 0 Å². The molecule has 0 saturated carbocycles. The van der Waals surface area contributed by atoms with Crippen LogP contribution in [0.25, 0.3) is 0 Å². The first kappa shape index (κ1) is 27.8. The number of methoxy groups -OCH3 is 2. The molecule has 196 valence electrons. The zero-order valence-electron chi connectivity index (χ0n) is 20.2. The van der Waals surface area contributed by atoms with E-state index >= 15 is 0 Å². The molecule has 0 amide bonds. The Morgan fingerprint density at radius 2 is 1.35 bits per heavy atom. The number of sulfone groups is 1. The van der Waals surface area contributed by atoms with E-state index in [0.717, 1.165) is 6.26 Å². The van der Waals surface area contributed by atoms with Gasteiger partial charge >= 0.3 is 5.97 Å². The SMILES string of the molecule is COc1ccc(S(=O)(=O)N(Cc2ccc(C(=O)C(=O)O)cc2)Cc2ccc(S(C)(=O)=O)cc2)c(OC)c1. The lowest BCUT2D eigenvalue weighted by atomic mass is 10.1. The van der Waals surface area contributed by atoms with Gasteiger partial charge in [-0.15, -0.1) is 0 Å². The smallest absolute Gasteiger partial charge is 0.377 e. The van der Waals surface area contributed by atoms with Gasteiger partial charge in [-0.25, -0.2) is 21.6 Å². The largest absolute Gasteiger partial charge is 0.497 e. The highest BCUT2D eigenvalue weighted by Gasteiger charge is 2.29. The first-order valence-corrected chi connectivity index (χ1v) is 14.1. The second-order valence-corrected chi connectivity index (χ2v) is 12.0. The van der Waals surface area contributed by atoms with E-state index in [1.807, 2.05) is 0 Å². The lowest BCUT2D eigenvalue weighted by molar-refractivity contribution is -0.131. The van der Waals surface area contributed by atoms with E-state index < -0.39 is 31.6 Å². The number of Topliss-reactive ketones (excluding diaryl/α,β-unsaturated/α-hetero) is 1. The van der Waals surface area contributed by atoms with Crippen molar-refractivity contribution in [3.05, 3.63) is 83.4 Å². The van der Waals surface area contributed by atoms with Crippen molar-refractivity contribution in [2.75, 3.05) is 20.5 Å². The van der Waals surface area contributed by atoms with E-state index in [1.54, 1.807) is 0 Å². The minimum absolute atomic E-state index is 0.0427. The zero-order valence-corrected chi connectivity index (χ0v) is 21.9. The maximum atomic E-state index is 13.8. The summed E-state index contributed by atoms with van der Waals surface area (Å²) in [7, 11) is -4.83. The molecule has 3 aromatic rings. The van der Waals surface area contributed by atoms with Gasteiger partial charge in [0.25, 0.3) is 5.78 Å². The topological polar surface area (TPSA) is 144 Å². The predicted molar refractivity (Wildman–Crippen MR) is 134 cm³/mol. The summed E-state index contributed by atoms with van der Waals surface area (Å²) in [5, 5.41) is 8.91. The fraction of sp³-hybridized carbons (Fsp3) is 0.200. The fourth-order valence-corrected chi connectivity index (χ4v) is 5.67. The first-order chi connectivity index (χ1) is 17.4. The third-order valence-electron chi connectivity index (χ3n) is 5.47. The van der Waals surface area contributed by atoms with Crippen LogP contribution >= 0.6 is 0 Å². The number of nitrogens with zero attached hydrogens (tertiary/aromatic N) is 1. The Morgan fingerprint density at radius 1 is 0.811 bits per heavy atom. The van der Waals surface area contributed by atoms with Crippen molar-refractivity contribution in [3.63, 3.8) is 0 Å². The summed E-state index contributed by atoms with van der Waals surface area (Å²) in [5.41, 5.74) is 0.978. The van der Waals surface area contributed by atoms with Crippen molar-refractivity contribution in [3.8, 4) is 11.5 Å². The van der Waals surface area contributed by atoms with Crippen LogP contribution in [0.4, 0.5) is 0 Å². The van der Waals surface area contributed by atoms with Crippen LogP contribution in [-0.4, -0.2) is 58.5 Å². The van der Waals surface area contributed by atoms with Crippen molar-refractivity contribution >= 4 is 31.6 Å². The Morgan fingerprint density at radius 3 is 1.81 bits per heavy atom. The number of carboxylic acids is 1. The Hall–Kier alpha value is -3.74. The molecule has 0 unspecified atom stereocenters. The highest BCUT2D eigenvalue weighted by atomic mass is 32.2. The lowest BCUT2D eigenvalue weighted by Crippen LogP contribution is -2.30. The number of rotatable bonds is 11. The Balaban J connectivity index is 2.03. The molecule has 0 bridgehead atoms. The number of ether oxygens (including phenoxy) is 2. The van der Waals surface area contributed by atoms with Gasteiger partial charge in [-0.2, -0.15) is 4.31 Å². The molecule has 0 radical (unpaired) electrons. The Bertz CT molecular complexity index is 1510. The molecule has 12 heteroatoms. The van der Waals surface area contributed by atoms with Crippen LogP contribution in [0, 0.1) is 0 Å². The molecule has 10 nitrogen and oxygen atoms in total. The molecule has 0 spiro atoms. The molecule has 37 heavy (non-hydrogen) atoms. The number of carbonyl (C=O) groups is 2. The standard InChI is InChI=1S/C25H25NO9S2/c1-34-20-10-13-23(22(14-20)35-2)37(32,33)26(16-18-6-11-21(12-7-18)36(3,30)31)15-17-4-8-19(9-5-17)24(27)25(28)29/h4-14H,15-16H2,1-3H3,(H,28,29). The maximum Gasteiger partial charge on any atom is 0.377 e. The molecule has 3 rings (SSSR count). The van der Waals surface area contributed by atoms with Gasteiger partial charge in [0.05, 0.1) is 19.1 Å². The summed E-state index contributed by atoms with van der Waals surface area (Å²) in [4.78, 5) is 22.7. The van der Waals surface area contributed by atoms with Gasteiger partial charge in [0, 0.05) is 31.0 Å². The van der Waals surface area contributed by atoms with Gasteiger partial charge in [-0.05, 0) is 35.4 Å². The molecule has 0 aliphatic carbocycles. The van der Waals surface area contributed by atoms with E-state index in [1.165, 1.54) is 85.3 Å². The van der Waals surface area contributed by atoms with Crippen molar-refractivity contribution in [2.24, 2.45) is 0 Å². The summed E-state index contributed by atoms with van der Waals surface area (Å²) >= 11 is 0. The Labute approximate surface area is 215 Å². The Kier molecular flexibility index (Phi) is 8.36. The highest BCUT2D eigenvalue weighted by Crippen LogP contribution is 2.32. The highest BCUT2D eigenvalue weighted by molar-refractivity contribution is 7.90. The number of carboxylic acid groups (broad SMARTS) is 1. The lowest BCUT2D eigenvalue weighted by Gasteiger charge is -2.24. The third-order valence-corrected chi connectivity index (χ3v) is 8.43. The summed E-state index contributed by atoms with van der Waals surface area (Å²) < 4.78 is 62.8.